The van der Waals surface area contributed by atoms with E-state index in [-0.39, 0.29) is 18.4 Å². The molecule has 0 aromatic carbocycles. The first-order chi connectivity index (χ1) is 9.58. The van der Waals surface area contributed by atoms with Crippen molar-refractivity contribution in [3.8, 4) is 0 Å². The highest BCUT2D eigenvalue weighted by Crippen LogP contribution is 2.21. The second kappa shape index (κ2) is 6.59. The number of amides is 1. The van der Waals surface area contributed by atoms with Crippen molar-refractivity contribution in [2.24, 2.45) is 5.92 Å². The lowest BCUT2D eigenvalue weighted by Gasteiger charge is -2.32. The number of hydrogen-bond donors (Lipinski definition) is 1. The molecule has 20 heavy (non-hydrogen) atoms. The summed E-state index contributed by atoms with van der Waals surface area (Å²) in [7, 11) is 0. The monoisotopic (exact) mass is 299 g/mol. The first-order valence-corrected chi connectivity index (χ1v) is 7.62. The molecule has 2 rings (SSSR count). The first-order valence-electron chi connectivity index (χ1n) is 7.08. The summed E-state index contributed by atoms with van der Waals surface area (Å²) in [4.78, 5) is 14.5. The Kier molecular flexibility index (Phi) is 5.05. The smallest absolute Gasteiger partial charge is 0.257 e. The van der Waals surface area contributed by atoms with Gasteiger partial charge in [0, 0.05) is 31.3 Å². The molecule has 0 aliphatic carbocycles. The van der Waals surface area contributed by atoms with Crippen LogP contribution in [0.5, 0.6) is 0 Å². The van der Waals surface area contributed by atoms with Crippen molar-refractivity contribution in [2.45, 2.75) is 33.2 Å². The lowest BCUT2D eigenvalue weighted by molar-refractivity contribution is 0.0619. The number of carbonyl (C=O) groups is 1. The maximum atomic E-state index is 12.7. The van der Waals surface area contributed by atoms with Crippen LogP contribution in [0.4, 0.5) is 0 Å². The Morgan fingerprint density at radius 3 is 2.90 bits per heavy atom. The molecule has 1 amide bonds. The maximum Gasteiger partial charge on any atom is 0.257 e. The van der Waals surface area contributed by atoms with Crippen LogP contribution in [0.2, 0.25) is 0 Å². The molecular weight excluding hydrogens is 278 g/mol. The molecule has 1 aromatic heterocycles. The van der Waals surface area contributed by atoms with Crippen molar-refractivity contribution in [1.82, 2.24) is 14.7 Å². The summed E-state index contributed by atoms with van der Waals surface area (Å²) in [5, 5.41) is 13.7. The van der Waals surface area contributed by atoms with E-state index in [0.717, 1.165) is 30.8 Å². The fraction of sp³-hybridized carbons (Fsp3) is 0.714. The van der Waals surface area contributed by atoms with E-state index in [9.17, 15) is 9.90 Å². The average Bonchev–Trinajstić information content (AvgIpc) is 2.73. The number of rotatable bonds is 4. The Morgan fingerprint density at radius 1 is 1.50 bits per heavy atom. The number of aliphatic hydroxyl groups excluding tert-OH is 1. The standard InChI is InChI=1S/C14H22ClN3O2/c1-10-13(11(2)18(16-10)7-5-15)14(20)17-6-3-4-12(8-17)9-19/h12,19H,3-9H2,1-2H3. The van der Waals surface area contributed by atoms with Gasteiger partial charge in [0.1, 0.15) is 0 Å². The predicted molar refractivity (Wildman–Crippen MR) is 78.1 cm³/mol. The van der Waals surface area contributed by atoms with Crippen molar-refractivity contribution in [2.75, 3.05) is 25.6 Å². The fourth-order valence-corrected chi connectivity index (χ4v) is 3.02. The number of aliphatic hydroxyl groups is 1. The summed E-state index contributed by atoms with van der Waals surface area (Å²) in [6.45, 7) is 5.92. The van der Waals surface area contributed by atoms with Gasteiger partial charge >= 0.3 is 0 Å². The lowest BCUT2D eigenvalue weighted by Crippen LogP contribution is -2.41. The van der Waals surface area contributed by atoms with E-state index >= 15 is 0 Å². The summed E-state index contributed by atoms with van der Waals surface area (Å²) in [6.07, 6.45) is 1.94. The summed E-state index contributed by atoms with van der Waals surface area (Å²) in [5.41, 5.74) is 2.32. The SMILES string of the molecule is Cc1nn(CCCl)c(C)c1C(=O)N1CCCC(CO)C1. The first kappa shape index (κ1) is 15.3. The molecular formula is C14H22ClN3O2. The van der Waals surface area contributed by atoms with Gasteiger partial charge < -0.3 is 10.0 Å². The molecule has 1 fully saturated rings. The number of carbonyl (C=O) groups excluding carboxylic acids is 1. The molecule has 0 radical (unpaired) electrons. The van der Waals surface area contributed by atoms with Gasteiger partial charge in [-0.25, -0.2) is 0 Å². The topological polar surface area (TPSA) is 58.4 Å². The minimum Gasteiger partial charge on any atom is -0.396 e. The second-order valence-electron chi connectivity index (χ2n) is 5.40. The van der Waals surface area contributed by atoms with Gasteiger partial charge in [-0.05, 0) is 32.6 Å². The van der Waals surface area contributed by atoms with Crippen LogP contribution < -0.4 is 0 Å². The minimum atomic E-state index is 0.0268. The van der Waals surface area contributed by atoms with E-state index in [1.165, 1.54) is 0 Å². The van der Waals surface area contributed by atoms with Crippen molar-refractivity contribution >= 4 is 17.5 Å². The summed E-state index contributed by atoms with van der Waals surface area (Å²) in [6, 6.07) is 0. The molecule has 1 unspecified atom stereocenters. The zero-order valence-corrected chi connectivity index (χ0v) is 12.9. The number of aromatic nitrogens is 2. The maximum absolute atomic E-state index is 12.7. The van der Waals surface area contributed by atoms with Crippen LogP contribution in [0, 0.1) is 19.8 Å². The molecule has 6 heteroatoms. The van der Waals surface area contributed by atoms with Crippen molar-refractivity contribution in [3.05, 3.63) is 17.0 Å². The van der Waals surface area contributed by atoms with Crippen LogP contribution in [-0.2, 0) is 6.54 Å². The molecule has 0 spiro atoms. The highest BCUT2D eigenvalue weighted by molar-refractivity contribution is 6.17. The van der Waals surface area contributed by atoms with E-state index in [1.54, 1.807) is 4.68 Å². The van der Waals surface area contributed by atoms with Crippen LogP contribution in [0.15, 0.2) is 0 Å². The van der Waals surface area contributed by atoms with Gasteiger partial charge in [0.05, 0.1) is 17.8 Å². The number of piperidine rings is 1. The number of halogens is 1. The van der Waals surface area contributed by atoms with Gasteiger partial charge in [-0.3, -0.25) is 9.48 Å². The van der Waals surface area contributed by atoms with Crippen molar-refractivity contribution in [1.29, 1.82) is 0 Å². The molecule has 1 aliphatic rings. The third kappa shape index (κ3) is 2.99. The van der Waals surface area contributed by atoms with E-state index < -0.39 is 0 Å². The van der Waals surface area contributed by atoms with E-state index in [2.05, 4.69) is 5.10 Å². The molecule has 0 saturated carbocycles. The van der Waals surface area contributed by atoms with Crippen molar-refractivity contribution < 1.29 is 9.90 Å². The highest BCUT2D eigenvalue weighted by Gasteiger charge is 2.27. The quantitative estimate of drug-likeness (QED) is 0.859. The highest BCUT2D eigenvalue weighted by atomic mass is 35.5. The van der Waals surface area contributed by atoms with Crippen LogP contribution in [0.25, 0.3) is 0 Å². The number of aryl methyl sites for hydroxylation is 2. The van der Waals surface area contributed by atoms with Gasteiger partial charge in [-0.2, -0.15) is 5.10 Å². The molecule has 2 heterocycles. The van der Waals surface area contributed by atoms with Crippen LogP contribution >= 0.6 is 11.6 Å². The molecule has 1 aliphatic heterocycles. The molecule has 1 N–H and O–H groups in total. The third-order valence-electron chi connectivity index (χ3n) is 3.96. The van der Waals surface area contributed by atoms with E-state index in [0.29, 0.717) is 24.5 Å². The molecule has 112 valence electrons. The fourth-order valence-electron chi connectivity index (χ4n) is 2.86. The van der Waals surface area contributed by atoms with Gasteiger partial charge in [0.15, 0.2) is 0 Å². The Hall–Kier alpha value is -1.07. The van der Waals surface area contributed by atoms with Gasteiger partial charge in [0.2, 0.25) is 0 Å². The second-order valence-corrected chi connectivity index (χ2v) is 5.78. The number of hydrogen-bond acceptors (Lipinski definition) is 3. The average molecular weight is 300 g/mol. The van der Waals surface area contributed by atoms with Crippen LogP contribution in [-0.4, -0.2) is 51.3 Å². The molecule has 5 nitrogen and oxygen atoms in total. The molecule has 1 aromatic rings. The lowest BCUT2D eigenvalue weighted by atomic mass is 9.98. The predicted octanol–water partition coefficient (Wildman–Crippen LogP) is 1.58. The number of alkyl halides is 1. The van der Waals surface area contributed by atoms with E-state index in [4.69, 9.17) is 11.6 Å². The third-order valence-corrected chi connectivity index (χ3v) is 4.13. The molecule has 1 atom stereocenters. The Balaban J connectivity index is 2.20. The van der Waals surface area contributed by atoms with E-state index in [1.807, 2.05) is 18.7 Å². The Bertz CT molecular complexity index is 487. The number of nitrogens with zero attached hydrogens (tertiary/aromatic N) is 3. The van der Waals surface area contributed by atoms with Gasteiger partial charge in [-0.1, -0.05) is 0 Å². The normalized spacial score (nSPS) is 19.4. The summed E-state index contributed by atoms with van der Waals surface area (Å²) < 4.78 is 1.79. The largest absolute Gasteiger partial charge is 0.396 e. The van der Waals surface area contributed by atoms with Crippen molar-refractivity contribution in [3.63, 3.8) is 0 Å². The summed E-state index contributed by atoms with van der Waals surface area (Å²) >= 11 is 5.75. The minimum absolute atomic E-state index is 0.0268. The van der Waals surface area contributed by atoms with Gasteiger partial charge in [0.25, 0.3) is 5.91 Å². The molecule has 0 bridgehead atoms. The zero-order valence-electron chi connectivity index (χ0n) is 12.1. The summed E-state index contributed by atoms with van der Waals surface area (Å²) in [5.74, 6) is 0.705. The van der Waals surface area contributed by atoms with Crippen LogP contribution in [0.1, 0.15) is 34.6 Å². The Labute approximate surface area is 124 Å². The zero-order chi connectivity index (χ0) is 14.7. The molecule has 1 saturated heterocycles. The number of likely N-dealkylation sites (tertiary alicyclic amines) is 1. The Morgan fingerprint density at radius 2 is 2.25 bits per heavy atom. The van der Waals surface area contributed by atoms with Crippen LogP contribution in [0.3, 0.4) is 0 Å². The van der Waals surface area contributed by atoms with Gasteiger partial charge in [-0.15, -0.1) is 11.6 Å².